The summed E-state index contributed by atoms with van der Waals surface area (Å²) in [7, 11) is 0. The number of nitrogens with zero attached hydrogens (tertiary/aromatic N) is 4. The van der Waals surface area contributed by atoms with Crippen LogP contribution >= 0.6 is 0 Å². The second-order valence-electron chi connectivity index (χ2n) is 4.47. The molecule has 2 aromatic heterocycles. The number of fused-ring (bicyclic) bond motifs is 1. The lowest BCUT2D eigenvalue weighted by molar-refractivity contribution is -0.137. The first-order chi connectivity index (χ1) is 9.65. The summed E-state index contributed by atoms with van der Waals surface area (Å²) in [5.74, 6) is -0.281. The molecule has 0 radical (unpaired) electrons. The van der Waals surface area contributed by atoms with Gasteiger partial charge in [0.15, 0.2) is 0 Å². The molecule has 1 aromatic carbocycles. The highest BCUT2D eigenvalue weighted by Gasteiger charge is 2.16. The molecule has 0 spiro atoms. The standard InChI is InChI=1S/C13H12N4O3/c1-8-10(16-20-15-8)6-12-14-9-4-2-3-5-11(9)17(12)7-13(18)19/h2-5H,6-7H2,1H3,(H,18,19). The molecule has 102 valence electrons. The van der Waals surface area contributed by atoms with Crippen molar-refractivity contribution in [2.24, 2.45) is 0 Å². The number of carbonyl (C=O) groups is 1. The molecule has 0 unspecified atom stereocenters. The zero-order valence-corrected chi connectivity index (χ0v) is 10.8. The maximum absolute atomic E-state index is 11.0. The van der Waals surface area contributed by atoms with Crippen molar-refractivity contribution in [1.29, 1.82) is 0 Å². The van der Waals surface area contributed by atoms with Gasteiger partial charge < -0.3 is 9.67 Å². The molecular formula is C13H12N4O3. The van der Waals surface area contributed by atoms with E-state index in [-0.39, 0.29) is 6.54 Å². The second-order valence-corrected chi connectivity index (χ2v) is 4.47. The maximum Gasteiger partial charge on any atom is 0.323 e. The van der Waals surface area contributed by atoms with Crippen molar-refractivity contribution in [2.45, 2.75) is 19.9 Å². The minimum Gasteiger partial charge on any atom is -0.480 e. The van der Waals surface area contributed by atoms with E-state index < -0.39 is 5.97 Å². The van der Waals surface area contributed by atoms with Crippen molar-refractivity contribution in [3.05, 3.63) is 41.5 Å². The van der Waals surface area contributed by atoms with E-state index >= 15 is 0 Å². The lowest BCUT2D eigenvalue weighted by Crippen LogP contribution is -2.12. The number of rotatable bonds is 4. The van der Waals surface area contributed by atoms with E-state index in [0.29, 0.717) is 23.6 Å². The zero-order valence-electron chi connectivity index (χ0n) is 10.8. The van der Waals surface area contributed by atoms with Gasteiger partial charge in [0.1, 0.15) is 23.8 Å². The van der Waals surface area contributed by atoms with Crippen molar-refractivity contribution in [2.75, 3.05) is 0 Å². The minimum atomic E-state index is -0.913. The van der Waals surface area contributed by atoms with Gasteiger partial charge in [0.05, 0.1) is 17.5 Å². The van der Waals surface area contributed by atoms with Crippen LogP contribution in [0.2, 0.25) is 0 Å². The Balaban J connectivity index is 2.09. The highest BCUT2D eigenvalue weighted by Crippen LogP contribution is 2.18. The van der Waals surface area contributed by atoms with Crippen LogP contribution in [0.15, 0.2) is 28.9 Å². The zero-order chi connectivity index (χ0) is 14.1. The summed E-state index contributed by atoms with van der Waals surface area (Å²) >= 11 is 0. The molecule has 2 heterocycles. The second kappa shape index (κ2) is 4.76. The van der Waals surface area contributed by atoms with E-state index in [9.17, 15) is 4.79 Å². The van der Waals surface area contributed by atoms with Crippen LogP contribution in [0.25, 0.3) is 11.0 Å². The van der Waals surface area contributed by atoms with Crippen molar-refractivity contribution in [3.8, 4) is 0 Å². The Morgan fingerprint density at radius 1 is 1.35 bits per heavy atom. The number of aryl methyl sites for hydroxylation is 1. The molecule has 0 amide bonds. The van der Waals surface area contributed by atoms with Crippen LogP contribution in [0.3, 0.4) is 0 Å². The first kappa shape index (κ1) is 12.3. The van der Waals surface area contributed by atoms with E-state index in [1.165, 1.54) is 0 Å². The molecule has 0 aliphatic heterocycles. The average Bonchev–Trinajstić information content (AvgIpc) is 2.96. The Morgan fingerprint density at radius 3 is 2.85 bits per heavy atom. The number of imidazole rings is 1. The van der Waals surface area contributed by atoms with Gasteiger partial charge in [-0.05, 0) is 19.1 Å². The fourth-order valence-electron chi connectivity index (χ4n) is 2.13. The molecule has 0 saturated carbocycles. The number of benzene rings is 1. The third-order valence-electron chi connectivity index (χ3n) is 3.10. The smallest absolute Gasteiger partial charge is 0.323 e. The van der Waals surface area contributed by atoms with Crippen LogP contribution in [0.5, 0.6) is 0 Å². The van der Waals surface area contributed by atoms with Crippen LogP contribution < -0.4 is 0 Å². The first-order valence-electron chi connectivity index (χ1n) is 6.09. The normalized spacial score (nSPS) is 11.1. The highest BCUT2D eigenvalue weighted by atomic mass is 16.6. The van der Waals surface area contributed by atoms with Gasteiger partial charge in [-0.1, -0.05) is 22.4 Å². The Kier molecular flexibility index (Phi) is 2.94. The third kappa shape index (κ3) is 2.13. The largest absolute Gasteiger partial charge is 0.480 e. The molecule has 1 N–H and O–H groups in total. The van der Waals surface area contributed by atoms with Crippen LogP contribution in [0.1, 0.15) is 17.2 Å². The van der Waals surface area contributed by atoms with Crippen LogP contribution in [-0.2, 0) is 17.8 Å². The average molecular weight is 272 g/mol. The number of para-hydroxylation sites is 2. The Morgan fingerprint density at radius 2 is 2.15 bits per heavy atom. The number of aromatic nitrogens is 4. The van der Waals surface area contributed by atoms with E-state index in [0.717, 1.165) is 11.0 Å². The lowest BCUT2D eigenvalue weighted by Gasteiger charge is -2.04. The molecule has 3 aromatic rings. The van der Waals surface area contributed by atoms with E-state index in [1.807, 2.05) is 24.3 Å². The molecular weight excluding hydrogens is 260 g/mol. The lowest BCUT2D eigenvalue weighted by atomic mass is 10.2. The van der Waals surface area contributed by atoms with Crippen LogP contribution in [0, 0.1) is 6.92 Å². The topological polar surface area (TPSA) is 94.0 Å². The summed E-state index contributed by atoms with van der Waals surface area (Å²) in [6.45, 7) is 1.65. The number of hydrogen-bond donors (Lipinski definition) is 1. The number of carboxylic acid groups (broad SMARTS) is 1. The third-order valence-corrected chi connectivity index (χ3v) is 3.10. The first-order valence-corrected chi connectivity index (χ1v) is 6.09. The summed E-state index contributed by atoms with van der Waals surface area (Å²) in [5.41, 5.74) is 2.89. The van der Waals surface area contributed by atoms with Crippen molar-refractivity contribution >= 4 is 17.0 Å². The van der Waals surface area contributed by atoms with Gasteiger partial charge in [0, 0.05) is 0 Å². The summed E-state index contributed by atoms with van der Waals surface area (Å²) < 4.78 is 6.33. The fraction of sp³-hybridized carbons (Fsp3) is 0.231. The van der Waals surface area contributed by atoms with Gasteiger partial charge in [-0.25, -0.2) is 9.61 Å². The summed E-state index contributed by atoms with van der Waals surface area (Å²) in [6, 6.07) is 7.43. The molecule has 0 aliphatic rings. The van der Waals surface area contributed by atoms with Gasteiger partial charge in [-0.15, -0.1) is 0 Å². The van der Waals surface area contributed by atoms with Gasteiger partial charge >= 0.3 is 5.97 Å². The van der Waals surface area contributed by atoms with E-state index in [4.69, 9.17) is 5.11 Å². The molecule has 3 rings (SSSR count). The Bertz CT molecular complexity index is 775. The monoisotopic (exact) mass is 272 g/mol. The SMILES string of the molecule is Cc1nonc1Cc1nc2ccccc2n1CC(=O)O. The van der Waals surface area contributed by atoms with Gasteiger partial charge in [0.25, 0.3) is 0 Å². The molecule has 0 aliphatic carbocycles. The number of carboxylic acids is 1. The fourth-order valence-corrected chi connectivity index (χ4v) is 2.13. The van der Waals surface area contributed by atoms with Crippen molar-refractivity contribution in [1.82, 2.24) is 19.9 Å². The van der Waals surface area contributed by atoms with Crippen LogP contribution in [0.4, 0.5) is 0 Å². The minimum absolute atomic E-state index is 0.139. The predicted octanol–water partition coefficient (Wildman–Crippen LogP) is 1.40. The van der Waals surface area contributed by atoms with Gasteiger partial charge in [0.2, 0.25) is 0 Å². The maximum atomic E-state index is 11.0. The van der Waals surface area contributed by atoms with Crippen molar-refractivity contribution < 1.29 is 14.5 Å². The molecule has 0 saturated heterocycles. The predicted molar refractivity (Wildman–Crippen MR) is 69.2 cm³/mol. The Hall–Kier alpha value is -2.70. The molecule has 7 nitrogen and oxygen atoms in total. The van der Waals surface area contributed by atoms with Crippen LogP contribution in [-0.4, -0.2) is 30.9 Å². The van der Waals surface area contributed by atoms with Crippen molar-refractivity contribution in [3.63, 3.8) is 0 Å². The summed E-state index contributed by atoms with van der Waals surface area (Å²) in [6.07, 6.45) is 0.386. The van der Waals surface area contributed by atoms with E-state index in [1.54, 1.807) is 11.5 Å². The molecule has 0 atom stereocenters. The summed E-state index contributed by atoms with van der Waals surface area (Å²) in [5, 5.41) is 16.6. The molecule has 0 fully saturated rings. The van der Waals surface area contributed by atoms with Gasteiger partial charge in [-0.3, -0.25) is 4.79 Å². The summed E-state index contributed by atoms with van der Waals surface area (Å²) in [4.78, 5) is 15.5. The molecule has 0 bridgehead atoms. The molecule has 20 heavy (non-hydrogen) atoms. The van der Waals surface area contributed by atoms with E-state index in [2.05, 4.69) is 19.9 Å². The molecule has 7 heteroatoms. The van der Waals surface area contributed by atoms with Gasteiger partial charge in [-0.2, -0.15) is 0 Å². The highest BCUT2D eigenvalue weighted by molar-refractivity contribution is 5.78. The Labute approximate surface area is 113 Å². The number of hydrogen-bond acceptors (Lipinski definition) is 5. The number of aliphatic carboxylic acids is 1. The quantitative estimate of drug-likeness (QED) is 0.771.